The predicted molar refractivity (Wildman–Crippen MR) is 101 cm³/mol. The lowest BCUT2D eigenvalue weighted by atomic mass is 10.1. The monoisotopic (exact) mass is 350 g/mol. The first-order chi connectivity index (χ1) is 12.5. The van der Waals surface area contributed by atoms with E-state index in [1.54, 1.807) is 10.9 Å². The first-order valence-corrected chi connectivity index (χ1v) is 8.48. The summed E-state index contributed by atoms with van der Waals surface area (Å²) >= 11 is 0. The third-order valence-electron chi connectivity index (χ3n) is 4.05. The second-order valence-electron chi connectivity index (χ2n) is 6.09. The highest BCUT2D eigenvalue weighted by molar-refractivity contribution is 5.94. The van der Waals surface area contributed by atoms with Gasteiger partial charge >= 0.3 is 0 Å². The summed E-state index contributed by atoms with van der Waals surface area (Å²) in [6, 6.07) is 9.37. The summed E-state index contributed by atoms with van der Waals surface area (Å²) in [6.07, 6.45) is 3.53. The van der Waals surface area contributed by atoms with Crippen molar-refractivity contribution in [2.75, 3.05) is 18.4 Å². The Bertz CT molecular complexity index is 904. The van der Waals surface area contributed by atoms with Crippen LogP contribution < -0.4 is 10.6 Å². The molecule has 3 rings (SSSR count). The van der Waals surface area contributed by atoms with Crippen LogP contribution in [-0.4, -0.2) is 38.7 Å². The van der Waals surface area contributed by atoms with Crippen molar-refractivity contribution >= 4 is 11.7 Å². The average Bonchev–Trinajstić information content (AvgIpc) is 3.15. The smallest absolute Gasteiger partial charge is 0.251 e. The van der Waals surface area contributed by atoms with Gasteiger partial charge in [0.2, 0.25) is 0 Å². The molecule has 0 aliphatic heterocycles. The number of amides is 1. The van der Waals surface area contributed by atoms with Gasteiger partial charge in [-0.25, -0.2) is 14.6 Å². The molecule has 2 heterocycles. The molecule has 0 saturated heterocycles. The summed E-state index contributed by atoms with van der Waals surface area (Å²) in [7, 11) is 0. The van der Waals surface area contributed by atoms with Crippen LogP contribution in [-0.2, 0) is 0 Å². The first kappa shape index (κ1) is 17.6. The zero-order chi connectivity index (χ0) is 18.5. The van der Waals surface area contributed by atoms with E-state index in [2.05, 4.69) is 25.7 Å². The minimum absolute atomic E-state index is 0.0778. The number of carbonyl (C=O) groups excluding carboxylic acids is 1. The number of nitrogens with zero attached hydrogens (tertiary/aromatic N) is 4. The van der Waals surface area contributed by atoms with Crippen molar-refractivity contribution in [1.82, 2.24) is 25.1 Å². The highest BCUT2D eigenvalue weighted by Crippen LogP contribution is 2.11. The largest absolute Gasteiger partial charge is 0.368 e. The fourth-order valence-electron chi connectivity index (χ4n) is 2.52. The van der Waals surface area contributed by atoms with E-state index >= 15 is 0 Å². The quantitative estimate of drug-likeness (QED) is 0.667. The SMILES string of the molecule is Cc1nc(NCCNC(=O)c2ccc(C)c(C)c2)cc(-n2cccn2)n1. The zero-order valence-electron chi connectivity index (χ0n) is 15.2. The number of aryl methyl sites for hydroxylation is 3. The normalized spacial score (nSPS) is 10.6. The Morgan fingerprint density at radius 3 is 2.65 bits per heavy atom. The van der Waals surface area contributed by atoms with Crippen molar-refractivity contribution < 1.29 is 4.79 Å². The summed E-state index contributed by atoms with van der Waals surface area (Å²) in [6.45, 7) is 6.92. The van der Waals surface area contributed by atoms with Crippen LogP contribution in [0, 0.1) is 20.8 Å². The molecule has 7 nitrogen and oxygen atoms in total. The number of hydrogen-bond acceptors (Lipinski definition) is 5. The highest BCUT2D eigenvalue weighted by Gasteiger charge is 2.07. The number of aromatic nitrogens is 4. The molecule has 0 fully saturated rings. The standard InChI is InChI=1S/C19H22N6O/c1-13-5-6-16(11-14(13)2)19(26)21-9-8-20-17-12-18(24-15(3)23-17)25-10-4-7-22-25/h4-7,10-12H,8-9H2,1-3H3,(H,21,26)(H,20,23,24). The Morgan fingerprint density at radius 2 is 1.92 bits per heavy atom. The Morgan fingerprint density at radius 1 is 1.08 bits per heavy atom. The molecule has 0 unspecified atom stereocenters. The predicted octanol–water partition coefficient (Wildman–Crippen LogP) is 2.43. The molecule has 26 heavy (non-hydrogen) atoms. The minimum atomic E-state index is -0.0778. The van der Waals surface area contributed by atoms with Crippen molar-refractivity contribution in [2.24, 2.45) is 0 Å². The van der Waals surface area contributed by atoms with E-state index in [0.717, 1.165) is 5.56 Å². The molecule has 0 saturated carbocycles. The molecule has 0 aliphatic rings. The average molecular weight is 350 g/mol. The van der Waals surface area contributed by atoms with Crippen LogP contribution >= 0.6 is 0 Å². The van der Waals surface area contributed by atoms with Crippen LogP contribution in [0.25, 0.3) is 5.82 Å². The number of anilines is 1. The molecule has 0 spiro atoms. The lowest BCUT2D eigenvalue weighted by Gasteiger charge is -2.10. The molecule has 134 valence electrons. The molecule has 7 heteroatoms. The van der Waals surface area contributed by atoms with Crippen LogP contribution in [0.2, 0.25) is 0 Å². The van der Waals surface area contributed by atoms with Gasteiger partial charge in [-0.05, 0) is 50.1 Å². The van der Waals surface area contributed by atoms with Crippen molar-refractivity contribution in [3.05, 3.63) is 65.2 Å². The van der Waals surface area contributed by atoms with Gasteiger partial charge < -0.3 is 10.6 Å². The van der Waals surface area contributed by atoms with E-state index in [-0.39, 0.29) is 5.91 Å². The van der Waals surface area contributed by atoms with E-state index in [9.17, 15) is 4.79 Å². The summed E-state index contributed by atoms with van der Waals surface area (Å²) in [5, 5.41) is 10.3. The van der Waals surface area contributed by atoms with Gasteiger partial charge in [-0.2, -0.15) is 5.10 Å². The van der Waals surface area contributed by atoms with Crippen molar-refractivity contribution in [3.63, 3.8) is 0 Å². The number of hydrogen-bond donors (Lipinski definition) is 2. The van der Waals surface area contributed by atoms with Crippen molar-refractivity contribution in [1.29, 1.82) is 0 Å². The number of nitrogens with one attached hydrogen (secondary N) is 2. The van der Waals surface area contributed by atoms with Gasteiger partial charge in [-0.3, -0.25) is 4.79 Å². The number of carbonyl (C=O) groups is 1. The van der Waals surface area contributed by atoms with Gasteiger partial charge in [0.25, 0.3) is 5.91 Å². The lowest BCUT2D eigenvalue weighted by Crippen LogP contribution is -2.29. The highest BCUT2D eigenvalue weighted by atomic mass is 16.1. The van der Waals surface area contributed by atoms with Gasteiger partial charge in [0.1, 0.15) is 11.6 Å². The summed E-state index contributed by atoms with van der Waals surface area (Å²) in [5.41, 5.74) is 2.96. The number of rotatable bonds is 6. The molecule has 2 aromatic heterocycles. The van der Waals surface area contributed by atoms with E-state index in [1.165, 1.54) is 5.56 Å². The second kappa shape index (κ2) is 7.77. The van der Waals surface area contributed by atoms with Gasteiger partial charge in [0, 0.05) is 37.1 Å². The summed E-state index contributed by atoms with van der Waals surface area (Å²) in [4.78, 5) is 20.9. The summed E-state index contributed by atoms with van der Waals surface area (Å²) < 4.78 is 1.68. The summed E-state index contributed by atoms with van der Waals surface area (Å²) in [5.74, 6) is 1.97. The molecular formula is C19H22N6O. The Balaban J connectivity index is 1.55. The molecular weight excluding hydrogens is 328 g/mol. The van der Waals surface area contributed by atoms with Gasteiger partial charge in [-0.15, -0.1) is 0 Å². The Kier molecular flexibility index (Phi) is 5.26. The second-order valence-corrected chi connectivity index (χ2v) is 6.09. The molecule has 3 aromatic rings. The molecule has 1 amide bonds. The number of benzene rings is 1. The van der Waals surface area contributed by atoms with E-state index < -0.39 is 0 Å². The molecule has 0 atom stereocenters. The molecule has 2 N–H and O–H groups in total. The van der Waals surface area contributed by atoms with E-state index in [1.807, 2.05) is 57.3 Å². The fraction of sp³-hybridized carbons (Fsp3) is 0.263. The van der Waals surface area contributed by atoms with Crippen LogP contribution in [0.4, 0.5) is 5.82 Å². The molecule has 1 aromatic carbocycles. The van der Waals surface area contributed by atoms with E-state index in [4.69, 9.17) is 0 Å². The molecule has 0 bridgehead atoms. The van der Waals surface area contributed by atoms with Crippen molar-refractivity contribution in [3.8, 4) is 5.82 Å². The van der Waals surface area contributed by atoms with Gasteiger partial charge in [0.15, 0.2) is 5.82 Å². The first-order valence-electron chi connectivity index (χ1n) is 8.48. The maximum absolute atomic E-state index is 12.2. The van der Waals surface area contributed by atoms with Gasteiger partial charge in [-0.1, -0.05) is 6.07 Å². The molecule has 0 radical (unpaired) electrons. The van der Waals surface area contributed by atoms with Crippen molar-refractivity contribution in [2.45, 2.75) is 20.8 Å². The fourth-order valence-corrected chi connectivity index (χ4v) is 2.52. The third-order valence-corrected chi connectivity index (χ3v) is 4.05. The maximum Gasteiger partial charge on any atom is 0.251 e. The van der Waals surface area contributed by atoms with Crippen LogP contribution in [0.3, 0.4) is 0 Å². The third kappa shape index (κ3) is 4.24. The van der Waals surface area contributed by atoms with Crippen LogP contribution in [0.15, 0.2) is 42.7 Å². The van der Waals surface area contributed by atoms with E-state index in [0.29, 0.717) is 36.1 Å². The van der Waals surface area contributed by atoms with Crippen LogP contribution in [0.1, 0.15) is 27.3 Å². The molecule has 0 aliphatic carbocycles. The maximum atomic E-state index is 12.2. The van der Waals surface area contributed by atoms with Crippen LogP contribution in [0.5, 0.6) is 0 Å². The topological polar surface area (TPSA) is 84.7 Å². The zero-order valence-corrected chi connectivity index (χ0v) is 15.2. The lowest BCUT2D eigenvalue weighted by molar-refractivity contribution is 0.0955. The minimum Gasteiger partial charge on any atom is -0.368 e. The Hall–Kier alpha value is -3.22. The Labute approximate surface area is 152 Å². The van der Waals surface area contributed by atoms with Gasteiger partial charge in [0.05, 0.1) is 0 Å².